The van der Waals surface area contributed by atoms with Crippen LogP contribution >= 0.6 is 0 Å². The number of rotatable bonds is 4. The van der Waals surface area contributed by atoms with E-state index in [1.165, 1.54) is 0 Å². The first-order chi connectivity index (χ1) is 12.0. The number of aryl methyl sites for hydroxylation is 3. The molecule has 1 amide bonds. The standard InChI is InChI=1S/C17H25N5O3/c1-11-16(12(2)24-19-11)17(23)22-8-5-6-14(7-9-22)21(4)10-15-18-13(3)25-20-15/h14H,5-10H2,1-4H3/t14-/m0/s1. The molecule has 1 fully saturated rings. The van der Waals surface area contributed by atoms with E-state index in [2.05, 4.69) is 27.2 Å². The minimum Gasteiger partial charge on any atom is -0.361 e. The average molecular weight is 347 g/mol. The monoisotopic (exact) mass is 347 g/mol. The summed E-state index contributed by atoms with van der Waals surface area (Å²) < 4.78 is 10.2. The van der Waals surface area contributed by atoms with Gasteiger partial charge in [0.2, 0.25) is 5.89 Å². The van der Waals surface area contributed by atoms with Gasteiger partial charge in [0.15, 0.2) is 5.82 Å². The first-order valence-electron chi connectivity index (χ1n) is 8.67. The number of nitrogens with zero attached hydrogens (tertiary/aromatic N) is 5. The molecule has 1 saturated heterocycles. The minimum atomic E-state index is 0.0216. The molecule has 0 aromatic carbocycles. The van der Waals surface area contributed by atoms with Gasteiger partial charge < -0.3 is 13.9 Å². The highest BCUT2D eigenvalue weighted by Crippen LogP contribution is 2.21. The Kier molecular flexibility index (Phi) is 5.17. The predicted molar refractivity (Wildman–Crippen MR) is 90.0 cm³/mol. The Morgan fingerprint density at radius 1 is 1.20 bits per heavy atom. The number of hydrogen-bond acceptors (Lipinski definition) is 7. The molecule has 0 spiro atoms. The minimum absolute atomic E-state index is 0.0216. The number of carbonyl (C=O) groups excluding carboxylic acids is 1. The Labute approximate surface area is 147 Å². The van der Waals surface area contributed by atoms with Crippen molar-refractivity contribution in [1.29, 1.82) is 0 Å². The third-order valence-corrected chi connectivity index (χ3v) is 4.82. The van der Waals surface area contributed by atoms with Gasteiger partial charge in [-0.2, -0.15) is 4.98 Å². The molecule has 3 heterocycles. The largest absolute Gasteiger partial charge is 0.361 e. The summed E-state index contributed by atoms with van der Waals surface area (Å²) in [6, 6.07) is 0.390. The van der Waals surface area contributed by atoms with E-state index in [0.717, 1.165) is 32.4 Å². The van der Waals surface area contributed by atoms with Crippen LogP contribution in [0.4, 0.5) is 0 Å². The second-order valence-electron chi connectivity index (χ2n) is 6.72. The van der Waals surface area contributed by atoms with Crippen molar-refractivity contribution in [3.05, 3.63) is 28.7 Å². The van der Waals surface area contributed by atoms with Crippen LogP contribution in [0.5, 0.6) is 0 Å². The average Bonchev–Trinajstić information content (AvgIpc) is 3.02. The first-order valence-corrected chi connectivity index (χ1v) is 8.67. The van der Waals surface area contributed by atoms with E-state index >= 15 is 0 Å². The van der Waals surface area contributed by atoms with Crippen molar-refractivity contribution in [2.24, 2.45) is 0 Å². The van der Waals surface area contributed by atoms with E-state index in [-0.39, 0.29) is 5.91 Å². The first kappa shape index (κ1) is 17.6. The Hall–Kier alpha value is -2.22. The van der Waals surface area contributed by atoms with E-state index in [0.29, 0.717) is 41.3 Å². The van der Waals surface area contributed by atoms with Crippen LogP contribution in [-0.4, -0.2) is 57.2 Å². The van der Waals surface area contributed by atoms with Gasteiger partial charge >= 0.3 is 0 Å². The normalized spacial score (nSPS) is 18.6. The van der Waals surface area contributed by atoms with E-state index < -0.39 is 0 Å². The van der Waals surface area contributed by atoms with Gasteiger partial charge in [-0.1, -0.05) is 10.3 Å². The molecule has 0 unspecified atom stereocenters. The fourth-order valence-corrected chi connectivity index (χ4v) is 3.43. The lowest BCUT2D eigenvalue weighted by Gasteiger charge is -2.26. The lowest BCUT2D eigenvalue weighted by molar-refractivity contribution is 0.0755. The number of carbonyl (C=O) groups is 1. The summed E-state index contributed by atoms with van der Waals surface area (Å²) in [5.41, 5.74) is 1.27. The summed E-state index contributed by atoms with van der Waals surface area (Å²) in [4.78, 5) is 21.2. The van der Waals surface area contributed by atoms with Crippen LogP contribution in [0.3, 0.4) is 0 Å². The maximum Gasteiger partial charge on any atom is 0.259 e. The van der Waals surface area contributed by atoms with Gasteiger partial charge in [0, 0.05) is 26.1 Å². The quantitative estimate of drug-likeness (QED) is 0.837. The molecule has 136 valence electrons. The maximum atomic E-state index is 12.8. The Morgan fingerprint density at radius 2 is 2.00 bits per heavy atom. The number of likely N-dealkylation sites (tertiary alicyclic amines) is 1. The fourth-order valence-electron chi connectivity index (χ4n) is 3.43. The van der Waals surface area contributed by atoms with Crippen molar-refractivity contribution in [3.8, 4) is 0 Å². The van der Waals surface area contributed by atoms with Crippen LogP contribution in [0, 0.1) is 20.8 Å². The molecule has 8 heteroatoms. The topological polar surface area (TPSA) is 88.5 Å². The van der Waals surface area contributed by atoms with Crippen LogP contribution in [0.1, 0.15) is 52.8 Å². The van der Waals surface area contributed by atoms with Crippen molar-refractivity contribution < 1.29 is 13.8 Å². The summed E-state index contributed by atoms with van der Waals surface area (Å²) in [5.74, 6) is 1.90. The molecule has 8 nitrogen and oxygen atoms in total. The summed E-state index contributed by atoms with van der Waals surface area (Å²) in [5, 5.41) is 7.85. The summed E-state index contributed by atoms with van der Waals surface area (Å²) >= 11 is 0. The molecule has 2 aromatic heterocycles. The molecule has 2 aromatic rings. The fraction of sp³-hybridized carbons (Fsp3) is 0.647. The molecule has 0 N–H and O–H groups in total. The third kappa shape index (κ3) is 3.89. The molecule has 0 bridgehead atoms. The molecule has 3 rings (SSSR count). The van der Waals surface area contributed by atoms with Gasteiger partial charge in [-0.3, -0.25) is 9.69 Å². The van der Waals surface area contributed by atoms with Crippen molar-refractivity contribution in [2.75, 3.05) is 20.1 Å². The second kappa shape index (κ2) is 7.35. The highest BCUT2D eigenvalue weighted by Gasteiger charge is 2.27. The van der Waals surface area contributed by atoms with E-state index in [9.17, 15) is 4.79 Å². The SMILES string of the molecule is Cc1nc(CN(C)[C@H]2CCCN(C(=O)c3c(C)noc3C)CC2)no1. The van der Waals surface area contributed by atoms with Crippen molar-refractivity contribution in [2.45, 2.75) is 52.6 Å². The summed E-state index contributed by atoms with van der Waals surface area (Å²) in [6.45, 7) is 7.53. The molecule has 0 aliphatic carbocycles. The van der Waals surface area contributed by atoms with Crippen molar-refractivity contribution in [3.63, 3.8) is 0 Å². The van der Waals surface area contributed by atoms with Gasteiger partial charge in [0.25, 0.3) is 5.91 Å². The highest BCUT2D eigenvalue weighted by molar-refractivity contribution is 5.96. The molecule has 1 aliphatic rings. The number of hydrogen-bond donors (Lipinski definition) is 0. The molecule has 0 radical (unpaired) electrons. The summed E-state index contributed by atoms with van der Waals surface area (Å²) in [7, 11) is 2.07. The molecule has 25 heavy (non-hydrogen) atoms. The van der Waals surface area contributed by atoms with E-state index in [1.54, 1.807) is 13.8 Å². The second-order valence-corrected chi connectivity index (χ2v) is 6.72. The van der Waals surface area contributed by atoms with Crippen LogP contribution in [0.2, 0.25) is 0 Å². The van der Waals surface area contributed by atoms with Gasteiger partial charge in [0.1, 0.15) is 11.3 Å². The predicted octanol–water partition coefficient (Wildman–Crippen LogP) is 2.11. The maximum absolute atomic E-state index is 12.8. The zero-order valence-electron chi connectivity index (χ0n) is 15.3. The van der Waals surface area contributed by atoms with Gasteiger partial charge in [-0.25, -0.2) is 0 Å². The lowest BCUT2D eigenvalue weighted by atomic mass is 10.1. The van der Waals surface area contributed by atoms with Gasteiger partial charge in [-0.05, 0) is 40.2 Å². The van der Waals surface area contributed by atoms with Crippen LogP contribution in [-0.2, 0) is 6.54 Å². The molecule has 1 aliphatic heterocycles. The Balaban J connectivity index is 1.61. The van der Waals surface area contributed by atoms with Gasteiger partial charge in [-0.15, -0.1) is 0 Å². The van der Waals surface area contributed by atoms with Crippen LogP contribution in [0.15, 0.2) is 9.05 Å². The molecule has 0 saturated carbocycles. The zero-order chi connectivity index (χ0) is 18.0. The molecule has 1 atom stereocenters. The Bertz CT molecular complexity index is 719. The summed E-state index contributed by atoms with van der Waals surface area (Å²) in [6.07, 6.45) is 2.93. The van der Waals surface area contributed by atoms with Crippen LogP contribution < -0.4 is 0 Å². The number of amides is 1. The van der Waals surface area contributed by atoms with Crippen molar-refractivity contribution >= 4 is 5.91 Å². The van der Waals surface area contributed by atoms with Crippen molar-refractivity contribution in [1.82, 2.24) is 25.1 Å². The smallest absolute Gasteiger partial charge is 0.259 e. The molecular weight excluding hydrogens is 322 g/mol. The zero-order valence-corrected chi connectivity index (χ0v) is 15.3. The number of aromatic nitrogens is 3. The molecular formula is C17H25N5O3. The lowest BCUT2D eigenvalue weighted by Crippen LogP contribution is -2.35. The van der Waals surface area contributed by atoms with Crippen LogP contribution in [0.25, 0.3) is 0 Å². The third-order valence-electron chi connectivity index (χ3n) is 4.82. The van der Waals surface area contributed by atoms with E-state index in [1.807, 2.05) is 11.8 Å². The Morgan fingerprint density at radius 3 is 2.64 bits per heavy atom. The van der Waals surface area contributed by atoms with Gasteiger partial charge in [0.05, 0.1) is 12.2 Å². The van der Waals surface area contributed by atoms with E-state index in [4.69, 9.17) is 9.05 Å². The highest BCUT2D eigenvalue weighted by atomic mass is 16.5.